The number of halogens is 3. The van der Waals surface area contributed by atoms with Gasteiger partial charge in [-0.05, 0) is 18.1 Å². The Morgan fingerprint density at radius 3 is 2.24 bits per heavy atom. The molecule has 0 spiro atoms. The average molecular weight is 298 g/mol. The van der Waals surface area contributed by atoms with E-state index in [0.717, 1.165) is 6.42 Å². The average Bonchev–Trinajstić information content (AvgIpc) is 2.26. The number of hydrogen-bond acceptors (Lipinski definition) is 2. The monoisotopic (exact) mass is 296 g/mol. The Morgan fingerprint density at radius 2 is 1.76 bits per heavy atom. The summed E-state index contributed by atoms with van der Waals surface area (Å²) in [6, 6.07) is 3.11. The lowest BCUT2D eigenvalue weighted by atomic mass is 10.0. The predicted molar refractivity (Wildman–Crippen MR) is 72.4 cm³/mol. The van der Waals surface area contributed by atoms with Crippen LogP contribution < -0.4 is 4.74 Å². The highest BCUT2D eigenvalue weighted by atomic mass is 35.5. The van der Waals surface area contributed by atoms with Gasteiger partial charge >= 0.3 is 0 Å². The van der Waals surface area contributed by atoms with E-state index in [4.69, 9.17) is 39.5 Å². The summed E-state index contributed by atoms with van der Waals surface area (Å²) in [4.78, 5) is 0. The molecular formula is C12H15Cl3O2. The van der Waals surface area contributed by atoms with Crippen LogP contribution >= 0.6 is 34.8 Å². The van der Waals surface area contributed by atoms with Gasteiger partial charge in [0.25, 0.3) is 0 Å². The summed E-state index contributed by atoms with van der Waals surface area (Å²) in [5, 5.41) is 10.9. The van der Waals surface area contributed by atoms with Gasteiger partial charge in [0.05, 0.1) is 16.1 Å². The Bertz CT molecular complexity index is 359. The molecule has 0 saturated heterocycles. The lowest BCUT2D eigenvalue weighted by Gasteiger charge is -2.18. The zero-order valence-corrected chi connectivity index (χ0v) is 12.0. The Morgan fingerprint density at radius 1 is 1.24 bits per heavy atom. The summed E-state index contributed by atoms with van der Waals surface area (Å²) < 4.78 is 5.43. The van der Waals surface area contributed by atoms with E-state index in [0.29, 0.717) is 20.8 Å². The number of benzene rings is 1. The molecule has 0 amide bonds. The Kier molecular flexibility index (Phi) is 5.87. The van der Waals surface area contributed by atoms with E-state index in [1.54, 1.807) is 12.1 Å². The van der Waals surface area contributed by atoms with Gasteiger partial charge in [0.15, 0.2) is 5.75 Å². The summed E-state index contributed by atoms with van der Waals surface area (Å²) in [7, 11) is 0. The van der Waals surface area contributed by atoms with Crippen molar-refractivity contribution in [1.29, 1.82) is 0 Å². The molecule has 0 heterocycles. The van der Waals surface area contributed by atoms with Crippen molar-refractivity contribution in [2.75, 3.05) is 6.61 Å². The zero-order valence-electron chi connectivity index (χ0n) is 9.71. The molecule has 0 aliphatic carbocycles. The van der Waals surface area contributed by atoms with Crippen LogP contribution in [0.2, 0.25) is 15.1 Å². The molecule has 5 heteroatoms. The summed E-state index contributed by atoms with van der Waals surface area (Å²) in [6.07, 6.45) is 0.342. The number of hydrogen-bond donors (Lipinski definition) is 1. The lowest BCUT2D eigenvalue weighted by molar-refractivity contribution is 0.0623. The first-order valence-corrected chi connectivity index (χ1v) is 6.54. The van der Waals surface area contributed by atoms with Crippen molar-refractivity contribution in [3.05, 3.63) is 27.2 Å². The van der Waals surface area contributed by atoms with Crippen molar-refractivity contribution in [2.24, 2.45) is 5.92 Å². The van der Waals surface area contributed by atoms with E-state index >= 15 is 0 Å². The number of rotatable bonds is 5. The second-order valence-corrected chi connectivity index (χ2v) is 5.21. The highest BCUT2D eigenvalue weighted by Crippen LogP contribution is 2.35. The first-order chi connectivity index (χ1) is 7.95. The largest absolute Gasteiger partial charge is 0.488 e. The minimum Gasteiger partial charge on any atom is -0.488 e. The van der Waals surface area contributed by atoms with Crippen LogP contribution in [-0.4, -0.2) is 17.8 Å². The van der Waals surface area contributed by atoms with Gasteiger partial charge in [0.1, 0.15) is 6.61 Å². The maximum absolute atomic E-state index is 9.78. The van der Waals surface area contributed by atoms with Crippen LogP contribution in [0, 0.1) is 5.92 Å². The molecule has 0 saturated carbocycles. The topological polar surface area (TPSA) is 29.5 Å². The molecule has 1 aromatic carbocycles. The Balaban J connectivity index is 2.70. The molecule has 0 aliphatic heterocycles. The van der Waals surface area contributed by atoms with E-state index < -0.39 is 6.10 Å². The normalized spacial score (nSPS) is 14.5. The minimum absolute atomic E-state index is 0.163. The zero-order chi connectivity index (χ0) is 13.0. The first-order valence-electron chi connectivity index (χ1n) is 5.41. The SMILES string of the molecule is CCC(C)C(O)COc1c(Cl)cc(Cl)cc1Cl. The third kappa shape index (κ3) is 4.22. The summed E-state index contributed by atoms with van der Waals surface area (Å²) in [5.41, 5.74) is 0. The van der Waals surface area contributed by atoms with Gasteiger partial charge < -0.3 is 9.84 Å². The van der Waals surface area contributed by atoms with Gasteiger partial charge in [0, 0.05) is 5.02 Å². The van der Waals surface area contributed by atoms with Gasteiger partial charge in [-0.15, -0.1) is 0 Å². The van der Waals surface area contributed by atoms with Gasteiger partial charge in [0.2, 0.25) is 0 Å². The molecular weight excluding hydrogens is 282 g/mol. The van der Waals surface area contributed by atoms with E-state index in [1.807, 2.05) is 13.8 Å². The predicted octanol–water partition coefficient (Wildman–Crippen LogP) is 4.43. The summed E-state index contributed by atoms with van der Waals surface area (Å²) >= 11 is 17.7. The number of aliphatic hydroxyl groups is 1. The molecule has 17 heavy (non-hydrogen) atoms. The van der Waals surface area contributed by atoms with Crippen LogP contribution in [0.15, 0.2) is 12.1 Å². The quantitative estimate of drug-likeness (QED) is 0.871. The molecule has 1 aromatic rings. The molecule has 2 nitrogen and oxygen atoms in total. The van der Waals surface area contributed by atoms with Crippen LogP contribution in [0.25, 0.3) is 0 Å². The highest BCUT2D eigenvalue weighted by molar-refractivity contribution is 6.40. The van der Waals surface area contributed by atoms with E-state index in [2.05, 4.69) is 0 Å². The van der Waals surface area contributed by atoms with Gasteiger partial charge in [-0.1, -0.05) is 55.1 Å². The Hall–Kier alpha value is -0.150. The lowest BCUT2D eigenvalue weighted by Crippen LogP contribution is -2.24. The van der Waals surface area contributed by atoms with Crippen LogP contribution in [0.5, 0.6) is 5.75 Å². The standard InChI is InChI=1S/C12H15Cl3O2/c1-3-7(2)11(16)6-17-12-9(14)4-8(13)5-10(12)15/h4-5,7,11,16H,3,6H2,1-2H3. The fraction of sp³-hybridized carbons (Fsp3) is 0.500. The third-order valence-corrected chi connectivity index (χ3v) is 3.44. The van der Waals surface area contributed by atoms with Gasteiger partial charge in [-0.2, -0.15) is 0 Å². The number of aliphatic hydroxyl groups excluding tert-OH is 1. The minimum atomic E-state index is -0.539. The molecule has 0 aliphatic rings. The number of ether oxygens (including phenoxy) is 1. The third-order valence-electron chi connectivity index (χ3n) is 2.66. The Labute approximate surface area is 116 Å². The van der Waals surface area contributed by atoms with Crippen molar-refractivity contribution < 1.29 is 9.84 Å². The molecule has 0 aromatic heterocycles. The van der Waals surface area contributed by atoms with Gasteiger partial charge in [-0.3, -0.25) is 0 Å². The molecule has 1 rings (SSSR count). The van der Waals surface area contributed by atoms with Crippen molar-refractivity contribution in [3.63, 3.8) is 0 Å². The molecule has 0 fully saturated rings. The van der Waals surface area contributed by atoms with Crippen molar-refractivity contribution in [2.45, 2.75) is 26.4 Å². The second-order valence-electron chi connectivity index (χ2n) is 3.96. The van der Waals surface area contributed by atoms with E-state index in [-0.39, 0.29) is 12.5 Å². The molecule has 1 N–H and O–H groups in total. The van der Waals surface area contributed by atoms with E-state index in [9.17, 15) is 5.11 Å². The van der Waals surface area contributed by atoms with Crippen LogP contribution in [0.4, 0.5) is 0 Å². The fourth-order valence-electron chi connectivity index (χ4n) is 1.27. The maximum atomic E-state index is 9.78. The van der Waals surface area contributed by atoms with Crippen molar-refractivity contribution in [3.8, 4) is 5.75 Å². The van der Waals surface area contributed by atoms with E-state index in [1.165, 1.54) is 0 Å². The first kappa shape index (κ1) is 14.9. The van der Waals surface area contributed by atoms with Crippen LogP contribution in [-0.2, 0) is 0 Å². The molecule has 0 bridgehead atoms. The second kappa shape index (κ2) is 6.69. The molecule has 96 valence electrons. The highest BCUT2D eigenvalue weighted by Gasteiger charge is 2.15. The van der Waals surface area contributed by atoms with Crippen molar-refractivity contribution >= 4 is 34.8 Å². The summed E-state index contributed by atoms with van der Waals surface area (Å²) in [5.74, 6) is 0.528. The smallest absolute Gasteiger partial charge is 0.156 e. The molecule has 2 unspecified atom stereocenters. The fourth-order valence-corrected chi connectivity index (χ4v) is 2.20. The maximum Gasteiger partial charge on any atom is 0.156 e. The molecule has 0 radical (unpaired) electrons. The van der Waals surface area contributed by atoms with Crippen molar-refractivity contribution in [1.82, 2.24) is 0 Å². The summed E-state index contributed by atoms with van der Waals surface area (Å²) in [6.45, 7) is 4.13. The van der Waals surface area contributed by atoms with Gasteiger partial charge in [-0.25, -0.2) is 0 Å². The molecule has 2 atom stereocenters. The van der Waals surface area contributed by atoms with Crippen LogP contribution in [0.3, 0.4) is 0 Å². The van der Waals surface area contributed by atoms with Crippen LogP contribution in [0.1, 0.15) is 20.3 Å².